The monoisotopic (exact) mass is 938 g/mol. The lowest BCUT2D eigenvalue weighted by atomic mass is 10.0. The van der Waals surface area contributed by atoms with Crippen molar-refractivity contribution in [3.05, 3.63) is 72.6 Å². The van der Waals surface area contributed by atoms with Crippen molar-refractivity contribution >= 4 is 36.2 Å². The summed E-state index contributed by atoms with van der Waals surface area (Å²) in [5.41, 5.74) is 2.43. The number of benzene rings is 2. The van der Waals surface area contributed by atoms with Gasteiger partial charge in [-0.1, -0.05) is 76.2 Å². The molecule has 2 N–H and O–H groups in total. The first-order chi connectivity index (χ1) is 32.0. The van der Waals surface area contributed by atoms with Gasteiger partial charge in [0.15, 0.2) is 0 Å². The summed E-state index contributed by atoms with van der Waals surface area (Å²) >= 11 is 0. The predicted octanol–water partition coefficient (Wildman–Crippen LogP) is 8.74. The number of imidazole rings is 2. The summed E-state index contributed by atoms with van der Waals surface area (Å²) in [7, 11) is 2.49. The molecule has 68 heavy (non-hydrogen) atoms. The quantitative estimate of drug-likeness (QED) is 0.136. The lowest BCUT2D eigenvalue weighted by Gasteiger charge is -2.31. The zero-order valence-corrected chi connectivity index (χ0v) is 41.2. The Hall–Kier alpha value is -6.72. The number of carbonyl (C=O) groups is 6. The molecule has 0 aliphatic carbocycles. The zero-order chi connectivity index (χ0) is 49.8. The molecular weight excluding hydrogens is 873 g/mol. The van der Waals surface area contributed by atoms with Crippen LogP contribution in [0.25, 0.3) is 33.6 Å². The number of aromatic nitrogens is 4. The third-order valence-corrected chi connectivity index (χ3v) is 11.9. The van der Waals surface area contributed by atoms with Gasteiger partial charge in [0, 0.05) is 24.2 Å². The van der Waals surface area contributed by atoms with Gasteiger partial charge in [-0.15, -0.1) is 0 Å². The van der Waals surface area contributed by atoms with Crippen LogP contribution in [0.1, 0.15) is 119 Å². The second-order valence-electron chi connectivity index (χ2n) is 19.9. The Balaban J connectivity index is 1.30. The highest BCUT2D eigenvalue weighted by Crippen LogP contribution is 2.38. The number of likely N-dealkylation sites (tertiary alicyclic amines) is 2. The topological polar surface area (TPSA) is 206 Å². The van der Waals surface area contributed by atoms with E-state index in [2.05, 4.69) is 10.6 Å². The summed E-state index contributed by atoms with van der Waals surface area (Å²) in [6, 6.07) is 12.5. The molecule has 2 aromatic carbocycles. The molecule has 4 atom stereocenters. The van der Waals surface area contributed by atoms with Gasteiger partial charge in [0.05, 0.1) is 50.1 Å². The smallest absolute Gasteiger partial charge is 0.420 e. The van der Waals surface area contributed by atoms with Crippen LogP contribution in [-0.4, -0.2) is 116 Å². The van der Waals surface area contributed by atoms with Crippen molar-refractivity contribution in [2.24, 2.45) is 11.8 Å². The third kappa shape index (κ3) is 11.3. The van der Waals surface area contributed by atoms with Crippen molar-refractivity contribution in [1.82, 2.24) is 39.5 Å². The van der Waals surface area contributed by atoms with Crippen LogP contribution in [0.3, 0.4) is 0 Å². The number of hydrogen-bond donors (Lipinski definition) is 2. The Labute approximate surface area is 398 Å². The minimum absolute atomic E-state index is 0.234. The lowest BCUT2D eigenvalue weighted by molar-refractivity contribution is -0.136. The Morgan fingerprint density at radius 1 is 0.559 bits per heavy atom. The van der Waals surface area contributed by atoms with E-state index in [0.29, 0.717) is 72.9 Å². The van der Waals surface area contributed by atoms with E-state index < -0.39 is 59.7 Å². The molecule has 4 heterocycles. The number of methoxy groups -OCH3 is 2. The second kappa shape index (κ2) is 20.7. The van der Waals surface area contributed by atoms with E-state index in [1.807, 2.05) is 76.2 Å². The van der Waals surface area contributed by atoms with Crippen molar-refractivity contribution in [3.8, 4) is 33.6 Å². The molecule has 18 heteroatoms. The predicted molar refractivity (Wildman–Crippen MR) is 253 cm³/mol. The van der Waals surface area contributed by atoms with Crippen LogP contribution in [0.5, 0.6) is 0 Å². The maximum absolute atomic E-state index is 14.0. The third-order valence-electron chi connectivity index (χ3n) is 11.9. The number of amides is 4. The number of alkyl carbamates (subject to hydrolysis) is 2. The van der Waals surface area contributed by atoms with Crippen molar-refractivity contribution in [1.29, 1.82) is 0 Å². The summed E-state index contributed by atoms with van der Waals surface area (Å²) in [4.78, 5) is 93.3. The van der Waals surface area contributed by atoms with E-state index in [1.54, 1.807) is 63.7 Å². The first kappa shape index (κ1) is 50.7. The summed E-state index contributed by atoms with van der Waals surface area (Å²) < 4.78 is 24.3. The van der Waals surface area contributed by atoms with Gasteiger partial charge in [0.2, 0.25) is 11.8 Å². The maximum atomic E-state index is 14.0. The van der Waals surface area contributed by atoms with Crippen molar-refractivity contribution < 1.29 is 47.7 Å². The number of carbonyl (C=O) groups excluding carboxylic acids is 6. The van der Waals surface area contributed by atoms with Crippen LogP contribution in [0.15, 0.2) is 60.9 Å². The molecule has 18 nitrogen and oxygen atoms in total. The molecule has 366 valence electrons. The molecule has 4 amide bonds. The van der Waals surface area contributed by atoms with Crippen LogP contribution in [0.2, 0.25) is 0 Å². The van der Waals surface area contributed by atoms with Gasteiger partial charge in [0.1, 0.15) is 34.9 Å². The van der Waals surface area contributed by atoms with Gasteiger partial charge in [0.25, 0.3) is 0 Å². The second-order valence-corrected chi connectivity index (χ2v) is 19.9. The van der Waals surface area contributed by atoms with Crippen molar-refractivity contribution in [2.45, 2.75) is 130 Å². The molecule has 2 fully saturated rings. The Morgan fingerprint density at radius 2 is 0.882 bits per heavy atom. The van der Waals surface area contributed by atoms with Gasteiger partial charge in [-0.3, -0.25) is 9.59 Å². The van der Waals surface area contributed by atoms with E-state index >= 15 is 0 Å². The Bertz CT molecular complexity index is 2310. The molecule has 6 rings (SSSR count). The molecule has 4 aromatic rings. The van der Waals surface area contributed by atoms with E-state index in [9.17, 15) is 28.8 Å². The van der Waals surface area contributed by atoms with Gasteiger partial charge in [-0.05, 0) is 90.2 Å². The zero-order valence-electron chi connectivity index (χ0n) is 41.2. The molecule has 2 aromatic heterocycles. The minimum atomic E-state index is -0.847. The van der Waals surface area contributed by atoms with Gasteiger partial charge in [-0.25, -0.2) is 38.3 Å². The Morgan fingerprint density at radius 3 is 1.18 bits per heavy atom. The molecule has 0 spiro atoms. The first-order valence-corrected chi connectivity index (χ1v) is 23.2. The van der Waals surface area contributed by atoms with E-state index in [-0.39, 0.29) is 23.7 Å². The van der Waals surface area contributed by atoms with E-state index in [1.165, 1.54) is 23.4 Å². The molecule has 0 radical (unpaired) electrons. The van der Waals surface area contributed by atoms with Crippen molar-refractivity contribution in [2.75, 3.05) is 27.3 Å². The molecule has 2 aliphatic rings. The molecule has 0 saturated carbocycles. The van der Waals surface area contributed by atoms with Gasteiger partial charge < -0.3 is 39.4 Å². The lowest BCUT2D eigenvalue weighted by Crippen LogP contribution is -2.51. The molecular formula is C50H66N8O10. The number of ether oxygens (including phenoxy) is 4. The average molecular weight is 939 g/mol. The highest BCUT2D eigenvalue weighted by molar-refractivity contribution is 5.88. The van der Waals surface area contributed by atoms with Gasteiger partial charge in [-0.2, -0.15) is 0 Å². The highest BCUT2D eigenvalue weighted by Gasteiger charge is 2.42. The fourth-order valence-corrected chi connectivity index (χ4v) is 8.63. The number of nitrogens with one attached hydrogen (secondary N) is 2. The summed E-state index contributed by atoms with van der Waals surface area (Å²) in [6.07, 6.45) is 2.98. The number of nitrogens with zero attached hydrogens (tertiary/aromatic N) is 6. The largest absolute Gasteiger partial charge is 0.453 e. The number of rotatable bonds is 11. The van der Waals surface area contributed by atoms with Crippen LogP contribution < -0.4 is 10.6 Å². The maximum Gasteiger partial charge on any atom is 0.420 e. The average Bonchev–Trinajstić information content (AvgIpc) is 4.11. The number of hydrogen-bond acceptors (Lipinski definition) is 12. The molecule has 0 bridgehead atoms. The summed E-state index contributed by atoms with van der Waals surface area (Å²) in [5, 5.41) is 5.34. The summed E-state index contributed by atoms with van der Waals surface area (Å²) in [6.45, 7) is 18.9. The molecule has 0 unspecified atom stereocenters. The van der Waals surface area contributed by atoms with Crippen LogP contribution in [0.4, 0.5) is 19.2 Å². The molecule has 2 aliphatic heterocycles. The van der Waals surface area contributed by atoms with E-state index in [0.717, 1.165) is 11.1 Å². The minimum Gasteiger partial charge on any atom is -0.453 e. The van der Waals surface area contributed by atoms with Crippen LogP contribution in [-0.2, 0) is 28.5 Å². The first-order valence-electron chi connectivity index (χ1n) is 23.2. The van der Waals surface area contributed by atoms with Crippen LogP contribution in [0, 0.1) is 11.8 Å². The Kier molecular flexibility index (Phi) is 15.4. The SMILES string of the molecule is COC(=O)N[C@H](C(=O)N1CCC[C@@H]1c1ncc(-c2ccc(-c3ccc(-c4cnc([C@H]5CCCN5C(=O)[C@@H](NC(=O)OC)C(C)C)n4C(=O)OC(C)(C)C)cc3)cc2)n1C(=O)OC(C)(C)C)C(C)C. The fraction of sp³-hybridized carbons (Fsp3) is 0.520. The van der Waals surface area contributed by atoms with Gasteiger partial charge >= 0.3 is 24.4 Å². The highest BCUT2D eigenvalue weighted by atomic mass is 16.6. The van der Waals surface area contributed by atoms with Crippen molar-refractivity contribution in [3.63, 3.8) is 0 Å². The fourth-order valence-electron chi connectivity index (χ4n) is 8.63. The van der Waals surface area contributed by atoms with E-state index in [4.69, 9.17) is 28.9 Å². The normalized spacial score (nSPS) is 17.2. The summed E-state index contributed by atoms with van der Waals surface area (Å²) in [5.74, 6) is -0.342. The molecule has 2 saturated heterocycles. The van der Waals surface area contributed by atoms with Crippen LogP contribution >= 0.6 is 0 Å². The standard InChI is InChI=1S/C50H66N8O10/c1-29(2)39(53-45(61)65-11)43(59)55-25-13-15-35(55)41-51-27-37(57(41)47(63)67-49(5,6)7)33-21-17-31(18-22-33)32-19-23-34(24-20-32)38-28-52-42(58(38)48(64)68-50(8,9)10)36-16-14-26-56(36)44(60)40(30(3)4)54-46(62)66-12/h17-24,27-30,35-36,39-40H,13-16,25-26H2,1-12H3,(H,53,61)(H,54,62)/t35-,36-,39+,40+/m1/s1.